The van der Waals surface area contributed by atoms with Gasteiger partial charge in [-0.2, -0.15) is 0 Å². The lowest BCUT2D eigenvalue weighted by molar-refractivity contribution is 0.441. The highest BCUT2D eigenvalue weighted by Gasteiger charge is 2.06. The summed E-state index contributed by atoms with van der Waals surface area (Å²) in [6, 6.07) is 0.536. The molecule has 52 valence electrons. The van der Waals surface area contributed by atoms with Crippen LogP contribution in [0.2, 0.25) is 0 Å². The van der Waals surface area contributed by atoms with Crippen LogP contribution in [-0.4, -0.2) is 6.04 Å². The van der Waals surface area contributed by atoms with E-state index < -0.39 is 0 Å². The summed E-state index contributed by atoms with van der Waals surface area (Å²) in [6.07, 6.45) is 14.7. The summed E-state index contributed by atoms with van der Waals surface area (Å²) in [4.78, 5) is 0. The normalized spacial score (nSPS) is 19.9. The summed E-state index contributed by atoms with van der Waals surface area (Å²) >= 11 is 0. The molecule has 2 N–H and O–H groups in total. The second-order valence-electron chi connectivity index (χ2n) is 2.40. The summed E-state index contributed by atoms with van der Waals surface area (Å²) < 4.78 is 0. The van der Waals surface area contributed by atoms with E-state index in [1.54, 1.807) is 0 Å². The lowest BCUT2D eigenvalue weighted by Gasteiger charge is -2.15. The zero-order valence-electron chi connectivity index (χ0n) is 5.84. The molecule has 1 aliphatic rings. The van der Waals surface area contributed by atoms with Gasteiger partial charge in [0.1, 0.15) is 0 Å². The maximum atomic E-state index is 5.63. The number of terminal acetylenes is 1. The molecule has 0 unspecified atom stereocenters. The second kappa shape index (κ2) is 5.65. The maximum Gasteiger partial charge on any atom is 0.00388 e. The zero-order valence-corrected chi connectivity index (χ0v) is 5.84. The van der Waals surface area contributed by atoms with Gasteiger partial charge in [-0.05, 0) is 12.8 Å². The Morgan fingerprint density at radius 2 is 1.44 bits per heavy atom. The maximum absolute atomic E-state index is 5.63. The van der Waals surface area contributed by atoms with Crippen molar-refractivity contribution in [3.63, 3.8) is 0 Å². The van der Waals surface area contributed by atoms with Crippen molar-refractivity contribution in [2.45, 2.75) is 38.1 Å². The van der Waals surface area contributed by atoms with Crippen molar-refractivity contribution >= 4 is 0 Å². The lowest BCUT2D eigenvalue weighted by Crippen LogP contribution is -2.22. The molecule has 1 rings (SSSR count). The van der Waals surface area contributed by atoms with Crippen molar-refractivity contribution in [2.24, 2.45) is 5.73 Å². The summed E-state index contributed by atoms with van der Waals surface area (Å²) in [6.45, 7) is 0. The number of hydrogen-bond donors (Lipinski definition) is 1. The third-order valence-electron chi connectivity index (χ3n) is 1.65. The van der Waals surface area contributed by atoms with Gasteiger partial charge < -0.3 is 5.73 Å². The molecule has 0 amide bonds. The average Bonchev–Trinajstić information content (AvgIpc) is 1.94. The van der Waals surface area contributed by atoms with Crippen molar-refractivity contribution in [3.05, 3.63) is 0 Å². The molecule has 1 nitrogen and oxygen atoms in total. The first-order chi connectivity index (χ1) is 4.39. The second-order valence-corrected chi connectivity index (χ2v) is 2.40. The highest BCUT2D eigenvalue weighted by molar-refractivity contribution is 4.66. The predicted octanol–water partition coefficient (Wildman–Crippen LogP) is 1.53. The van der Waals surface area contributed by atoms with Crippen LogP contribution in [0, 0.1) is 12.8 Å². The number of hydrogen-bond acceptors (Lipinski definition) is 1. The Balaban J connectivity index is 0.000000291. The minimum Gasteiger partial charge on any atom is -0.328 e. The molecule has 1 fully saturated rings. The van der Waals surface area contributed by atoms with Gasteiger partial charge in [0.05, 0.1) is 0 Å². The van der Waals surface area contributed by atoms with Gasteiger partial charge >= 0.3 is 0 Å². The molecule has 0 aromatic rings. The number of nitrogens with two attached hydrogens (primary N) is 1. The first kappa shape index (κ1) is 8.52. The molecule has 0 aliphatic heterocycles. The van der Waals surface area contributed by atoms with Gasteiger partial charge in [-0.1, -0.05) is 19.3 Å². The van der Waals surface area contributed by atoms with E-state index in [1.807, 2.05) is 0 Å². The zero-order chi connectivity index (χ0) is 7.11. The first-order valence-electron chi connectivity index (χ1n) is 3.48. The molecule has 1 aliphatic carbocycles. The van der Waals surface area contributed by atoms with Gasteiger partial charge in [0.25, 0.3) is 0 Å². The minimum atomic E-state index is 0.536. The van der Waals surface area contributed by atoms with Crippen molar-refractivity contribution in [1.82, 2.24) is 0 Å². The Kier molecular flexibility index (Phi) is 5.35. The third-order valence-corrected chi connectivity index (χ3v) is 1.65. The fraction of sp³-hybridized carbons (Fsp3) is 0.750. The van der Waals surface area contributed by atoms with Gasteiger partial charge in [0.2, 0.25) is 0 Å². The number of rotatable bonds is 0. The fourth-order valence-electron chi connectivity index (χ4n) is 1.13. The monoisotopic (exact) mass is 125 g/mol. The molecule has 0 aromatic heterocycles. The van der Waals surface area contributed by atoms with E-state index in [0.717, 1.165) is 0 Å². The minimum absolute atomic E-state index is 0.536. The van der Waals surface area contributed by atoms with Gasteiger partial charge in [-0.15, -0.1) is 12.8 Å². The van der Waals surface area contributed by atoms with Crippen LogP contribution in [0.15, 0.2) is 0 Å². The summed E-state index contributed by atoms with van der Waals surface area (Å²) in [5, 5.41) is 0. The van der Waals surface area contributed by atoms with Crippen LogP contribution in [-0.2, 0) is 0 Å². The molecule has 0 heterocycles. The van der Waals surface area contributed by atoms with Crippen LogP contribution < -0.4 is 5.73 Å². The lowest BCUT2D eigenvalue weighted by atomic mass is 9.97. The summed E-state index contributed by atoms with van der Waals surface area (Å²) in [7, 11) is 0. The molecule has 0 atom stereocenters. The highest BCUT2D eigenvalue weighted by Crippen LogP contribution is 2.14. The smallest absolute Gasteiger partial charge is 0.00388 e. The van der Waals surface area contributed by atoms with E-state index in [4.69, 9.17) is 5.73 Å². The molecule has 0 spiro atoms. The van der Waals surface area contributed by atoms with E-state index >= 15 is 0 Å². The first-order valence-corrected chi connectivity index (χ1v) is 3.48. The molecule has 0 aromatic carbocycles. The van der Waals surface area contributed by atoms with Crippen LogP contribution in [0.3, 0.4) is 0 Å². The van der Waals surface area contributed by atoms with Crippen LogP contribution in [0.25, 0.3) is 0 Å². The molecule has 1 saturated carbocycles. The van der Waals surface area contributed by atoms with Gasteiger partial charge in [-0.3, -0.25) is 0 Å². The predicted molar refractivity (Wildman–Crippen MR) is 41.0 cm³/mol. The quantitative estimate of drug-likeness (QED) is 0.488. The standard InChI is InChI=1S/C6H13N.C2H2/c7-6-4-2-1-3-5-6;1-2/h6H,1-5,7H2;1-2H. The van der Waals surface area contributed by atoms with E-state index in [-0.39, 0.29) is 0 Å². The van der Waals surface area contributed by atoms with Gasteiger partial charge in [0.15, 0.2) is 0 Å². The Bertz CT molecular complexity index is 69.9. The molecule has 1 heteroatoms. The molecule has 0 radical (unpaired) electrons. The summed E-state index contributed by atoms with van der Waals surface area (Å²) in [5.74, 6) is 0. The Morgan fingerprint density at radius 3 is 1.67 bits per heavy atom. The average molecular weight is 125 g/mol. The fourth-order valence-corrected chi connectivity index (χ4v) is 1.13. The van der Waals surface area contributed by atoms with Crippen LogP contribution >= 0.6 is 0 Å². The SMILES string of the molecule is C#C.NC1CCCCC1. The molecule has 0 bridgehead atoms. The molecular formula is C8H15N. The van der Waals surface area contributed by atoms with Gasteiger partial charge in [-0.25, -0.2) is 0 Å². The Labute approximate surface area is 57.6 Å². The Morgan fingerprint density at radius 1 is 1.00 bits per heavy atom. The van der Waals surface area contributed by atoms with Crippen LogP contribution in [0.4, 0.5) is 0 Å². The van der Waals surface area contributed by atoms with Crippen molar-refractivity contribution < 1.29 is 0 Å². The van der Waals surface area contributed by atoms with Crippen LogP contribution in [0.1, 0.15) is 32.1 Å². The highest BCUT2D eigenvalue weighted by atomic mass is 14.6. The van der Waals surface area contributed by atoms with E-state index in [1.165, 1.54) is 32.1 Å². The molecule has 9 heavy (non-hydrogen) atoms. The summed E-state index contributed by atoms with van der Waals surface area (Å²) in [5.41, 5.74) is 5.63. The van der Waals surface area contributed by atoms with E-state index in [0.29, 0.717) is 6.04 Å². The molecular weight excluding hydrogens is 110 g/mol. The van der Waals surface area contributed by atoms with Gasteiger partial charge in [0, 0.05) is 6.04 Å². The van der Waals surface area contributed by atoms with E-state index in [9.17, 15) is 0 Å². The largest absolute Gasteiger partial charge is 0.328 e. The van der Waals surface area contributed by atoms with Crippen molar-refractivity contribution in [3.8, 4) is 12.8 Å². The van der Waals surface area contributed by atoms with Crippen molar-refractivity contribution in [2.75, 3.05) is 0 Å². The topological polar surface area (TPSA) is 26.0 Å². The van der Waals surface area contributed by atoms with Crippen molar-refractivity contribution in [1.29, 1.82) is 0 Å². The third kappa shape index (κ3) is 4.05. The Hall–Kier alpha value is -0.480. The van der Waals surface area contributed by atoms with E-state index in [2.05, 4.69) is 12.8 Å². The van der Waals surface area contributed by atoms with Crippen LogP contribution in [0.5, 0.6) is 0 Å². The molecule has 0 saturated heterocycles.